The topological polar surface area (TPSA) is 121 Å². The summed E-state index contributed by atoms with van der Waals surface area (Å²) in [6, 6.07) is 11.0. The van der Waals surface area contributed by atoms with E-state index in [0.29, 0.717) is 11.5 Å². The average molecular weight is 318 g/mol. The zero-order valence-corrected chi connectivity index (χ0v) is 12.0. The lowest BCUT2D eigenvalue weighted by atomic mass is 10.3. The molecule has 0 saturated carbocycles. The van der Waals surface area contributed by atoms with Gasteiger partial charge in [-0.1, -0.05) is 18.2 Å². The lowest BCUT2D eigenvalue weighted by Gasteiger charge is -2.03. The van der Waals surface area contributed by atoms with Crippen molar-refractivity contribution in [3.05, 3.63) is 54.0 Å². The Hall–Kier alpha value is -3.29. The van der Waals surface area contributed by atoms with E-state index in [1.807, 2.05) is 18.2 Å². The summed E-state index contributed by atoms with van der Waals surface area (Å²) >= 11 is 0. The van der Waals surface area contributed by atoms with Crippen LogP contribution in [0, 0.1) is 0 Å². The molecule has 0 aliphatic rings. The number of benzene rings is 1. The van der Waals surface area contributed by atoms with Gasteiger partial charge in [-0.15, -0.1) is 0 Å². The SMILES string of the molecule is NC(=O)NC(=O)COC(=O)c1ccc(COc2ccccc2)o1. The second-order valence-corrected chi connectivity index (χ2v) is 4.36. The molecule has 0 spiro atoms. The van der Waals surface area contributed by atoms with Gasteiger partial charge in [-0.2, -0.15) is 0 Å². The van der Waals surface area contributed by atoms with Crippen LogP contribution in [0.2, 0.25) is 0 Å². The maximum atomic E-state index is 11.7. The van der Waals surface area contributed by atoms with Gasteiger partial charge in [0.05, 0.1) is 0 Å². The number of esters is 1. The molecule has 8 nitrogen and oxygen atoms in total. The highest BCUT2D eigenvalue weighted by Gasteiger charge is 2.15. The molecular weight excluding hydrogens is 304 g/mol. The van der Waals surface area contributed by atoms with E-state index in [1.165, 1.54) is 6.07 Å². The fraction of sp³-hybridized carbons (Fsp3) is 0.133. The predicted molar refractivity (Wildman–Crippen MR) is 77.5 cm³/mol. The maximum Gasteiger partial charge on any atom is 0.374 e. The molecule has 8 heteroatoms. The van der Waals surface area contributed by atoms with E-state index in [4.69, 9.17) is 14.9 Å². The highest BCUT2D eigenvalue weighted by Crippen LogP contribution is 2.14. The van der Waals surface area contributed by atoms with Crippen LogP contribution >= 0.6 is 0 Å². The fourth-order valence-electron chi connectivity index (χ4n) is 1.61. The monoisotopic (exact) mass is 318 g/mol. The van der Waals surface area contributed by atoms with E-state index in [1.54, 1.807) is 23.5 Å². The number of primary amides is 1. The molecular formula is C15H14N2O6. The zero-order chi connectivity index (χ0) is 16.7. The Morgan fingerprint density at radius 1 is 1.09 bits per heavy atom. The molecule has 0 bridgehead atoms. The third-order valence-electron chi connectivity index (χ3n) is 2.58. The Balaban J connectivity index is 1.82. The number of para-hydroxylation sites is 1. The van der Waals surface area contributed by atoms with Gasteiger partial charge in [0.15, 0.2) is 6.61 Å². The van der Waals surface area contributed by atoms with Crippen LogP contribution in [-0.2, 0) is 16.1 Å². The van der Waals surface area contributed by atoms with Crippen molar-refractivity contribution >= 4 is 17.9 Å². The van der Waals surface area contributed by atoms with Crippen LogP contribution in [-0.4, -0.2) is 24.5 Å². The third kappa shape index (κ3) is 5.20. The van der Waals surface area contributed by atoms with Crippen LogP contribution in [0.1, 0.15) is 16.3 Å². The highest BCUT2D eigenvalue weighted by atomic mass is 16.6. The molecule has 1 aromatic heterocycles. The maximum absolute atomic E-state index is 11.7. The lowest BCUT2D eigenvalue weighted by Crippen LogP contribution is -2.37. The summed E-state index contributed by atoms with van der Waals surface area (Å²) in [6.07, 6.45) is 0. The van der Waals surface area contributed by atoms with Crippen LogP contribution < -0.4 is 15.8 Å². The van der Waals surface area contributed by atoms with Crippen molar-refractivity contribution in [2.45, 2.75) is 6.61 Å². The molecule has 2 rings (SSSR count). The molecule has 0 atom stereocenters. The van der Waals surface area contributed by atoms with E-state index >= 15 is 0 Å². The molecule has 2 aromatic rings. The standard InChI is InChI=1S/C15H14N2O6/c16-15(20)17-13(18)9-22-14(19)12-7-6-11(23-12)8-21-10-4-2-1-3-5-10/h1-7H,8-9H2,(H3,16,17,18,20). The van der Waals surface area contributed by atoms with E-state index in [2.05, 4.69) is 4.74 Å². The normalized spacial score (nSPS) is 9.91. The van der Waals surface area contributed by atoms with Crippen molar-refractivity contribution in [2.24, 2.45) is 5.73 Å². The van der Waals surface area contributed by atoms with Crippen LogP contribution in [0.25, 0.3) is 0 Å². The number of imide groups is 1. The Morgan fingerprint density at radius 3 is 2.52 bits per heavy atom. The lowest BCUT2D eigenvalue weighted by molar-refractivity contribution is -0.123. The molecule has 0 radical (unpaired) electrons. The van der Waals surface area contributed by atoms with Gasteiger partial charge >= 0.3 is 12.0 Å². The number of hydrogen-bond acceptors (Lipinski definition) is 6. The molecule has 120 valence electrons. The fourth-order valence-corrected chi connectivity index (χ4v) is 1.61. The summed E-state index contributed by atoms with van der Waals surface area (Å²) in [5.41, 5.74) is 4.75. The number of nitrogens with one attached hydrogen (secondary N) is 1. The summed E-state index contributed by atoms with van der Waals surface area (Å²) in [5, 5.41) is 1.77. The van der Waals surface area contributed by atoms with Gasteiger partial charge in [-0.3, -0.25) is 10.1 Å². The molecule has 1 heterocycles. The Morgan fingerprint density at radius 2 is 1.83 bits per heavy atom. The molecule has 0 aliphatic carbocycles. The molecule has 0 unspecified atom stereocenters. The van der Waals surface area contributed by atoms with Crippen molar-refractivity contribution < 1.29 is 28.3 Å². The molecule has 23 heavy (non-hydrogen) atoms. The summed E-state index contributed by atoms with van der Waals surface area (Å²) in [4.78, 5) is 33.2. The minimum atomic E-state index is -1.02. The largest absolute Gasteiger partial charge is 0.486 e. The van der Waals surface area contributed by atoms with Gasteiger partial charge in [-0.05, 0) is 24.3 Å². The first-order valence-corrected chi connectivity index (χ1v) is 6.57. The molecule has 0 aliphatic heterocycles. The van der Waals surface area contributed by atoms with Crippen LogP contribution in [0.3, 0.4) is 0 Å². The highest BCUT2D eigenvalue weighted by molar-refractivity contribution is 5.95. The van der Waals surface area contributed by atoms with Crippen molar-refractivity contribution in [1.29, 1.82) is 0 Å². The van der Waals surface area contributed by atoms with Crippen molar-refractivity contribution in [3.8, 4) is 5.75 Å². The van der Waals surface area contributed by atoms with Crippen LogP contribution in [0.15, 0.2) is 46.9 Å². The van der Waals surface area contributed by atoms with Gasteiger partial charge in [0.25, 0.3) is 5.91 Å². The van der Waals surface area contributed by atoms with E-state index in [9.17, 15) is 14.4 Å². The smallest absolute Gasteiger partial charge is 0.374 e. The third-order valence-corrected chi connectivity index (χ3v) is 2.58. The number of amides is 3. The predicted octanol–water partition coefficient (Wildman–Crippen LogP) is 1.21. The number of carbonyl (C=O) groups is 3. The molecule has 3 N–H and O–H groups in total. The Bertz CT molecular complexity index is 695. The molecule has 0 saturated heterocycles. The van der Waals surface area contributed by atoms with Gasteiger partial charge in [0, 0.05) is 0 Å². The molecule has 3 amide bonds. The quantitative estimate of drug-likeness (QED) is 0.772. The Labute approximate surface area is 131 Å². The molecule has 0 fully saturated rings. The van der Waals surface area contributed by atoms with Crippen molar-refractivity contribution in [1.82, 2.24) is 5.32 Å². The number of furan rings is 1. The van der Waals surface area contributed by atoms with E-state index in [-0.39, 0.29) is 12.4 Å². The van der Waals surface area contributed by atoms with Gasteiger partial charge < -0.3 is 19.6 Å². The second kappa shape index (κ2) is 7.64. The first kappa shape index (κ1) is 16.1. The first-order valence-electron chi connectivity index (χ1n) is 6.57. The van der Waals surface area contributed by atoms with Crippen LogP contribution in [0.4, 0.5) is 4.79 Å². The second-order valence-electron chi connectivity index (χ2n) is 4.36. The van der Waals surface area contributed by atoms with Crippen molar-refractivity contribution in [2.75, 3.05) is 6.61 Å². The Kier molecular flexibility index (Phi) is 5.35. The van der Waals surface area contributed by atoms with Crippen molar-refractivity contribution in [3.63, 3.8) is 0 Å². The summed E-state index contributed by atoms with van der Waals surface area (Å²) in [5.74, 6) is -0.664. The van der Waals surface area contributed by atoms with Crippen LogP contribution in [0.5, 0.6) is 5.75 Å². The minimum absolute atomic E-state index is 0.0801. The minimum Gasteiger partial charge on any atom is -0.486 e. The summed E-state index contributed by atoms with van der Waals surface area (Å²) in [7, 11) is 0. The number of ether oxygens (including phenoxy) is 2. The van der Waals surface area contributed by atoms with Gasteiger partial charge in [-0.25, -0.2) is 9.59 Å². The zero-order valence-electron chi connectivity index (χ0n) is 12.0. The number of carbonyl (C=O) groups excluding carboxylic acids is 3. The van der Waals surface area contributed by atoms with E-state index < -0.39 is 24.5 Å². The van der Waals surface area contributed by atoms with Gasteiger partial charge in [0.2, 0.25) is 5.76 Å². The van der Waals surface area contributed by atoms with Gasteiger partial charge in [0.1, 0.15) is 18.1 Å². The average Bonchev–Trinajstić information content (AvgIpc) is 3.00. The summed E-state index contributed by atoms with van der Waals surface area (Å²) < 4.78 is 15.4. The molecule has 1 aromatic carbocycles. The van der Waals surface area contributed by atoms with E-state index in [0.717, 1.165) is 0 Å². The summed E-state index contributed by atoms with van der Waals surface area (Å²) in [6.45, 7) is -0.502. The number of hydrogen-bond donors (Lipinski definition) is 2. The number of nitrogens with two attached hydrogens (primary N) is 1. The number of urea groups is 1. The first-order chi connectivity index (χ1) is 11.0. The number of rotatable bonds is 6.